The number of aliphatic carboxylic acids is 1. The summed E-state index contributed by atoms with van der Waals surface area (Å²) in [6.45, 7) is 0. The third-order valence-corrected chi connectivity index (χ3v) is 1.49. The molecule has 1 atom stereocenters. The number of carbonyl (C=O) groups excluding carboxylic acids is 1. The van der Waals surface area contributed by atoms with Crippen LogP contribution in [0, 0.1) is 0 Å². The van der Waals surface area contributed by atoms with Gasteiger partial charge in [0.25, 0.3) is 0 Å². The Hall–Kier alpha value is -1.55. The smallest absolute Gasteiger partial charge is 0.129 e. The first kappa shape index (κ1) is 6.91. The average molecular weight is 184 g/mol. The highest BCUT2D eigenvalue weighted by molar-refractivity contribution is 5.69. The Balaban J connectivity index is 3.05. The summed E-state index contributed by atoms with van der Waals surface area (Å²) in [5.41, 5.74) is 3.35. The van der Waals surface area contributed by atoms with E-state index in [1.165, 1.54) is 24.3 Å². The Morgan fingerprint density at radius 3 is 2.62 bits per heavy atom. The first-order valence-electron chi connectivity index (χ1n) is 4.69. The number of carboxylic acids is 1. The van der Waals surface area contributed by atoms with E-state index >= 15 is 0 Å². The maximum atomic E-state index is 10.5. The van der Waals surface area contributed by atoms with Crippen LogP contribution in [-0.2, 0) is 11.2 Å². The van der Waals surface area contributed by atoms with E-state index in [0.717, 1.165) is 0 Å². The molecule has 4 heteroatoms. The molecule has 0 amide bonds. The lowest BCUT2D eigenvalue weighted by Crippen LogP contribution is -2.69. The van der Waals surface area contributed by atoms with Gasteiger partial charge in [-0.2, -0.15) is 0 Å². The summed E-state index contributed by atoms with van der Waals surface area (Å²) in [6, 6.07) is 3.71. The van der Waals surface area contributed by atoms with Gasteiger partial charge in [0, 0.05) is 9.11 Å². The van der Waals surface area contributed by atoms with Crippen LogP contribution in [0.2, 0.25) is 0 Å². The third kappa shape index (κ3) is 2.76. The number of phenolic OH excluding ortho intramolecular Hbond substituents is 1. The van der Waals surface area contributed by atoms with E-state index in [0.29, 0.717) is 0 Å². The van der Waals surface area contributed by atoms with Crippen molar-refractivity contribution in [3.63, 3.8) is 0 Å². The van der Waals surface area contributed by atoms with Gasteiger partial charge in [0.1, 0.15) is 11.8 Å². The lowest BCUT2D eigenvalue weighted by atomic mass is 10.1. The van der Waals surface area contributed by atoms with Crippen molar-refractivity contribution < 1.29 is 23.5 Å². The molecule has 0 heterocycles. The molecule has 0 fully saturated rings. The number of hydrogen-bond donors (Lipinski definition) is 2. The molecule has 1 rings (SSSR count). The van der Waals surface area contributed by atoms with Gasteiger partial charge in [0.15, 0.2) is 0 Å². The molecule has 0 aliphatic rings. The first-order valence-corrected chi connectivity index (χ1v) is 3.69. The van der Waals surface area contributed by atoms with Crippen LogP contribution in [0.4, 0.5) is 0 Å². The topological polar surface area (TPSA) is 88.0 Å². The molecular formula is C9H11NO3. The SMILES string of the molecule is [2H]C([2H])(c1ccc(O)cc1)[C@H]([15NH3+])C(=O)[O-]. The zero-order valence-electron chi connectivity index (χ0n) is 8.86. The van der Waals surface area contributed by atoms with Crippen molar-refractivity contribution >= 4 is 5.97 Å². The predicted molar refractivity (Wildman–Crippen MR) is 43.5 cm³/mol. The number of aromatic hydroxyl groups is 1. The average Bonchev–Trinajstić information content (AvgIpc) is 2.17. The van der Waals surface area contributed by atoms with Crippen molar-refractivity contribution in [2.45, 2.75) is 12.4 Å². The third-order valence-electron chi connectivity index (χ3n) is 1.49. The number of quaternary nitrogens is 1. The molecule has 1 aromatic rings. The molecule has 0 saturated carbocycles. The van der Waals surface area contributed by atoms with E-state index < -0.39 is 18.4 Å². The zero-order valence-corrected chi connectivity index (χ0v) is 6.86. The number of carboxylic acid groups (broad SMARTS) is 1. The number of hydrogen-bond acceptors (Lipinski definition) is 3. The Morgan fingerprint density at radius 2 is 2.15 bits per heavy atom. The fourth-order valence-corrected chi connectivity index (χ4v) is 0.818. The second-order valence-electron chi connectivity index (χ2n) is 2.56. The minimum atomic E-state index is -2.12. The van der Waals surface area contributed by atoms with Crippen LogP contribution in [0.5, 0.6) is 5.75 Å². The van der Waals surface area contributed by atoms with Gasteiger partial charge in [-0.25, -0.2) is 0 Å². The van der Waals surface area contributed by atoms with E-state index in [1.54, 1.807) is 0 Å². The Labute approximate surface area is 78.4 Å². The number of phenols is 1. The molecule has 13 heavy (non-hydrogen) atoms. The van der Waals surface area contributed by atoms with Crippen molar-refractivity contribution in [1.82, 2.24) is 0 Å². The maximum absolute atomic E-state index is 10.5. The summed E-state index contributed by atoms with van der Waals surface area (Å²) in [7, 11) is 0. The standard InChI is InChI=1S/C9H11NO3/c10-8(9(12)13)5-6-1-3-7(11)4-2-6/h1-4,8,11H,5,10H2,(H,12,13)/t8-/m0/s1/i5D2,10+1. The summed E-state index contributed by atoms with van der Waals surface area (Å²) >= 11 is 0. The van der Waals surface area contributed by atoms with Crippen LogP contribution >= 0.6 is 0 Å². The van der Waals surface area contributed by atoms with Crippen LogP contribution in [0.3, 0.4) is 0 Å². The predicted octanol–water partition coefficient (Wildman–Crippen LogP) is -1.70. The van der Waals surface area contributed by atoms with Gasteiger partial charge in [0.05, 0.1) is 5.97 Å². The largest absolute Gasteiger partial charge is 0.544 e. The molecular weight excluding hydrogens is 171 g/mol. The zero-order chi connectivity index (χ0) is 11.6. The molecule has 0 saturated heterocycles. The molecule has 4 nitrogen and oxygen atoms in total. The normalized spacial score (nSPS) is 15.8. The quantitative estimate of drug-likeness (QED) is 0.548. The van der Waals surface area contributed by atoms with Gasteiger partial charge in [-0.05, 0) is 17.7 Å². The Bertz CT molecular complexity index is 364. The molecule has 1 aromatic carbocycles. The lowest BCUT2D eigenvalue weighted by Gasteiger charge is -2.08. The first-order chi connectivity index (χ1) is 6.85. The number of benzene rings is 1. The van der Waals surface area contributed by atoms with E-state index in [1.807, 2.05) is 0 Å². The Morgan fingerprint density at radius 1 is 1.62 bits per heavy atom. The molecule has 0 radical (unpaired) electrons. The van der Waals surface area contributed by atoms with E-state index in [9.17, 15) is 9.90 Å². The van der Waals surface area contributed by atoms with E-state index in [2.05, 4.69) is 5.73 Å². The highest BCUT2D eigenvalue weighted by Crippen LogP contribution is 2.10. The summed E-state index contributed by atoms with van der Waals surface area (Å²) in [5.74, 6) is -1.56. The van der Waals surface area contributed by atoms with Crippen LogP contribution in [0.1, 0.15) is 8.30 Å². The van der Waals surface area contributed by atoms with Crippen LogP contribution in [-0.4, -0.2) is 17.1 Å². The van der Waals surface area contributed by atoms with E-state index in [4.69, 9.17) is 7.85 Å². The summed E-state index contributed by atoms with van der Waals surface area (Å²) < 4.78 is 15.2. The van der Waals surface area contributed by atoms with Gasteiger partial charge >= 0.3 is 0 Å². The molecule has 0 aliphatic carbocycles. The van der Waals surface area contributed by atoms with Crippen molar-refractivity contribution in [2.24, 2.45) is 0 Å². The second kappa shape index (κ2) is 3.91. The van der Waals surface area contributed by atoms with Crippen LogP contribution < -0.4 is 10.8 Å². The Kier molecular flexibility index (Phi) is 2.08. The lowest BCUT2D eigenvalue weighted by molar-refractivity contribution is -0.437. The van der Waals surface area contributed by atoms with Gasteiger partial charge in [-0.15, -0.1) is 0 Å². The maximum Gasteiger partial charge on any atom is 0.129 e. The number of rotatable bonds is 3. The highest BCUT2D eigenvalue weighted by atomic mass is 16.4. The highest BCUT2D eigenvalue weighted by Gasteiger charge is 2.07. The van der Waals surface area contributed by atoms with Crippen LogP contribution in [0.25, 0.3) is 0 Å². The molecule has 4 N–H and O–H groups in total. The van der Waals surface area contributed by atoms with Gasteiger partial charge in [-0.1, -0.05) is 12.1 Å². The molecule has 0 bridgehead atoms. The summed E-state index contributed by atoms with van der Waals surface area (Å²) in [4.78, 5) is 10.5. The minimum absolute atomic E-state index is 0.0105. The van der Waals surface area contributed by atoms with E-state index in [-0.39, 0.29) is 11.3 Å². The molecule has 0 aliphatic heterocycles. The van der Waals surface area contributed by atoms with Crippen molar-refractivity contribution in [2.75, 3.05) is 0 Å². The van der Waals surface area contributed by atoms with Crippen molar-refractivity contribution in [3.8, 4) is 5.75 Å². The fraction of sp³-hybridized carbons (Fsp3) is 0.222. The second-order valence-corrected chi connectivity index (χ2v) is 2.56. The summed E-state index contributed by atoms with van der Waals surface area (Å²) in [6.07, 6.45) is -2.12. The fourth-order valence-electron chi connectivity index (χ4n) is 0.818. The van der Waals surface area contributed by atoms with Crippen molar-refractivity contribution in [1.29, 1.82) is 0 Å². The molecule has 0 unspecified atom stereocenters. The summed E-state index contributed by atoms with van der Waals surface area (Å²) in [5, 5.41) is 19.5. The molecule has 0 aromatic heterocycles. The molecule has 70 valence electrons. The number of carbonyl (C=O) groups is 1. The van der Waals surface area contributed by atoms with Crippen molar-refractivity contribution in [3.05, 3.63) is 29.8 Å². The van der Waals surface area contributed by atoms with Gasteiger partial charge in [-0.3, -0.25) is 0 Å². The molecule has 0 spiro atoms. The van der Waals surface area contributed by atoms with Crippen LogP contribution in [0.15, 0.2) is 24.3 Å². The van der Waals surface area contributed by atoms with Gasteiger partial charge in [0.2, 0.25) is 0 Å². The minimum Gasteiger partial charge on any atom is -0.544 e. The van der Waals surface area contributed by atoms with Gasteiger partial charge < -0.3 is 20.7 Å². The monoisotopic (exact) mass is 184 g/mol.